The number of hydrogen-bond donors (Lipinski definition) is 2. The van der Waals surface area contributed by atoms with Gasteiger partial charge in [0.05, 0.1) is 14.1 Å². The molecule has 2 heterocycles. The lowest BCUT2D eigenvalue weighted by molar-refractivity contribution is -0.149. The third-order valence-corrected chi connectivity index (χ3v) is 3.33. The van der Waals surface area contributed by atoms with Crippen LogP contribution in [0.2, 0.25) is 0 Å². The third-order valence-electron chi connectivity index (χ3n) is 3.33. The summed E-state index contributed by atoms with van der Waals surface area (Å²) < 4.78 is 45.8. The van der Waals surface area contributed by atoms with Gasteiger partial charge in [0.25, 0.3) is 0 Å². The molecular weight excluding hydrogens is 327 g/mol. The number of carbonyl (C=O) groups is 2. The number of nitrogens with one attached hydrogen (secondary N) is 2. The number of amides is 3. The number of anilines is 1. The Labute approximate surface area is 138 Å². The fraction of sp³-hybridized carbons (Fsp3) is 0.571. The molecule has 10 heteroatoms. The van der Waals surface area contributed by atoms with Crippen LogP contribution >= 0.6 is 0 Å². The highest BCUT2D eigenvalue weighted by Gasteiger charge is 2.46. The number of alkyl halides is 3. The lowest BCUT2D eigenvalue weighted by Gasteiger charge is -2.18. The van der Waals surface area contributed by atoms with Gasteiger partial charge in [-0.05, 0) is 11.6 Å². The van der Waals surface area contributed by atoms with E-state index in [0.717, 1.165) is 4.90 Å². The van der Waals surface area contributed by atoms with Crippen LogP contribution in [0.1, 0.15) is 27.7 Å². The van der Waals surface area contributed by atoms with Crippen LogP contribution in [0.4, 0.5) is 23.8 Å². The summed E-state index contributed by atoms with van der Waals surface area (Å²) in [6.45, 7) is 4.28. The Morgan fingerprint density at radius 1 is 1.50 bits per heavy atom. The molecule has 1 fully saturated rings. The summed E-state index contributed by atoms with van der Waals surface area (Å²) in [6, 6.07) is -1.50. The van der Waals surface area contributed by atoms with Crippen LogP contribution in [-0.2, 0) is 11.3 Å². The predicted molar refractivity (Wildman–Crippen MR) is 78.9 cm³/mol. The summed E-state index contributed by atoms with van der Waals surface area (Å²) in [5.74, 6) is -0.264. The molecule has 0 aromatic carbocycles. The van der Waals surface area contributed by atoms with Gasteiger partial charge in [-0.15, -0.1) is 5.10 Å². The average Bonchev–Trinajstić information content (AvgIpc) is 2.83. The van der Waals surface area contributed by atoms with E-state index in [1.807, 2.05) is 5.32 Å². The molecule has 0 radical (unpaired) electrons. The van der Waals surface area contributed by atoms with Crippen LogP contribution < -0.4 is 10.6 Å². The van der Waals surface area contributed by atoms with Gasteiger partial charge in [0.2, 0.25) is 5.91 Å². The molecule has 1 aliphatic heterocycles. The molecule has 24 heavy (non-hydrogen) atoms. The van der Waals surface area contributed by atoms with Gasteiger partial charge in [0, 0.05) is 12.0 Å². The Kier molecular flexibility index (Phi) is 4.29. The maximum absolute atomic E-state index is 12.7. The molecule has 0 unspecified atom stereocenters. The maximum Gasteiger partial charge on any atom is 0.410 e. The SMILES string of the molecule is [2H]c1nnc(NC(=O)C(C)(C)C)cc1CN1C[C@@H](C(F)(F)F)NC1=O. The highest BCUT2D eigenvalue weighted by Crippen LogP contribution is 2.25. The number of nitrogens with zero attached hydrogens (tertiary/aromatic N) is 3. The minimum absolute atomic E-state index is 0.0675. The lowest BCUT2D eigenvalue weighted by Crippen LogP contribution is -2.40. The third kappa shape index (κ3) is 4.33. The summed E-state index contributed by atoms with van der Waals surface area (Å²) >= 11 is 0. The van der Waals surface area contributed by atoms with Crippen molar-refractivity contribution in [1.29, 1.82) is 0 Å². The zero-order chi connectivity index (χ0) is 19.0. The second-order valence-corrected chi connectivity index (χ2v) is 6.49. The van der Waals surface area contributed by atoms with Crippen LogP contribution in [0, 0.1) is 5.41 Å². The monoisotopic (exact) mass is 346 g/mol. The first-order valence-electron chi connectivity index (χ1n) is 7.64. The standard InChI is InChI=1S/C14H18F3N5O2/c1-13(2,3)11(23)20-10-4-8(5-18-21-10)6-22-7-9(14(15,16)17)19-12(22)24/h4-5,9H,6-7H2,1-3H3,(H,19,24)(H,20,21,23)/t9-/m0/s1/i5D. The maximum atomic E-state index is 12.7. The molecule has 132 valence electrons. The van der Waals surface area contributed by atoms with E-state index in [-0.39, 0.29) is 30.0 Å². The van der Waals surface area contributed by atoms with Crippen molar-refractivity contribution >= 4 is 17.8 Å². The molecule has 1 aromatic heterocycles. The van der Waals surface area contributed by atoms with Gasteiger partial charge in [-0.2, -0.15) is 18.3 Å². The summed E-state index contributed by atoms with van der Waals surface area (Å²) in [5.41, 5.74) is -0.506. The van der Waals surface area contributed by atoms with Gasteiger partial charge in [0.15, 0.2) is 5.82 Å². The van der Waals surface area contributed by atoms with Crippen molar-refractivity contribution in [2.45, 2.75) is 39.5 Å². The van der Waals surface area contributed by atoms with Crippen LogP contribution in [0.5, 0.6) is 0 Å². The molecule has 1 atom stereocenters. The molecule has 1 aliphatic rings. The van der Waals surface area contributed by atoms with Crippen LogP contribution in [0.25, 0.3) is 0 Å². The molecule has 7 nitrogen and oxygen atoms in total. The van der Waals surface area contributed by atoms with Gasteiger partial charge in [-0.25, -0.2) is 4.79 Å². The second kappa shape index (κ2) is 6.25. The molecule has 0 aliphatic carbocycles. The summed E-state index contributed by atoms with van der Waals surface area (Å²) in [7, 11) is 0. The van der Waals surface area contributed by atoms with Gasteiger partial charge >= 0.3 is 12.2 Å². The molecule has 0 bridgehead atoms. The Balaban J connectivity index is 2.13. The van der Waals surface area contributed by atoms with E-state index in [2.05, 4.69) is 15.5 Å². The van der Waals surface area contributed by atoms with Crippen molar-refractivity contribution in [1.82, 2.24) is 20.4 Å². The van der Waals surface area contributed by atoms with Crippen LogP contribution in [0.15, 0.2) is 12.2 Å². The van der Waals surface area contributed by atoms with E-state index < -0.39 is 30.2 Å². The van der Waals surface area contributed by atoms with Crippen LogP contribution in [0.3, 0.4) is 0 Å². The topological polar surface area (TPSA) is 87.2 Å². The van der Waals surface area contributed by atoms with Crippen molar-refractivity contribution in [2.75, 3.05) is 11.9 Å². The van der Waals surface area contributed by atoms with Crippen molar-refractivity contribution in [3.05, 3.63) is 17.8 Å². The van der Waals surface area contributed by atoms with Crippen molar-refractivity contribution in [3.8, 4) is 0 Å². The number of halogens is 3. The first-order valence-corrected chi connectivity index (χ1v) is 7.14. The van der Waals surface area contributed by atoms with Crippen LogP contribution in [-0.4, -0.2) is 45.8 Å². The first-order chi connectivity index (χ1) is 11.4. The number of hydrogen-bond acceptors (Lipinski definition) is 4. The number of urea groups is 1. The Morgan fingerprint density at radius 3 is 2.71 bits per heavy atom. The summed E-state index contributed by atoms with van der Waals surface area (Å²) in [4.78, 5) is 24.6. The normalized spacial score (nSPS) is 19.1. The lowest BCUT2D eigenvalue weighted by atomic mass is 9.96. The van der Waals surface area contributed by atoms with E-state index in [0.29, 0.717) is 0 Å². The summed E-state index contributed by atoms with van der Waals surface area (Å²) in [5, 5.41) is 11.6. The second-order valence-electron chi connectivity index (χ2n) is 6.49. The highest BCUT2D eigenvalue weighted by atomic mass is 19.4. The zero-order valence-electron chi connectivity index (χ0n) is 14.4. The molecule has 0 saturated carbocycles. The van der Waals surface area contributed by atoms with E-state index >= 15 is 0 Å². The molecule has 0 spiro atoms. The van der Waals surface area contributed by atoms with Crippen molar-refractivity contribution in [2.24, 2.45) is 5.41 Å². The van der Waals surface area contributed by atoms with Crippen molar-refractivity contribution in [3.63, 3.8) is 0 Å². The minimum Gasteiger partial charge on any atom is -0.324 e. The van der Waals surface area contributed by atoms with E-state index in [4.69, 9.17) is 1.37 Å². The van der Waals surface area contributed by atoms with Gasteiger partial charge in [-0.1, -0.05) is 20.8 Å². The van der Waals surface area contributed by atoms with Gasteiger partial charge < -0.3 is 15.5 Å². The fourth-order valence-electron chi connectivity index (χ4n) is 1.93. The molecule has 1 saturated heterocycles. The molecule has 2 N–H and O–H groups in total. The Hall–Kier alpha value is -2.39. The molecule has 2 rings (SSSR count). The Bertz CT molecular complexity index is 690. The summed E-state index contributed by atoms with van der Waals surface area (Å²) in [6.07, 6.45) is -4.83. The van der Waals surface area contributed by atoms with Gasteiger partial charge in [-0.3, -0.25) is 4.79 Å². The number of aromatic nitrogens is 2. The predicted octanol–water partition coefficient (Wildman–Crippen LogP) is 1.92. The molecular formula is C14H18F3N5O2. The quantitative estimate of drug-likeness (QED) is 0.875. The minimum atomic E-state index is -4.55. The average molecular weight is 346 g/mol. The number of carbonyl (C=O) groups excluding carboxylic acids is 2. The van der Waals surface area contributed by atoms with E-state index in [1.165, 1.54) is 6.07 Å². The van der Waals surface area contributed by atoms with Crippen molar-refractivity contribution < 1.29 is 24.1 Å². The number of rotatable bonds is 3. The highest BCUT2D eigenvalue weighted by molar-refractivity contribution is 5.93. The first kappa shape index (κ1) is 16.5. The molecule has 1 aromatic rings. The zero-order valence-corrected chi connectivity index (χ0v) is 13.4. The largest absolute Gasteiger partial charge is 0.410 e. The van der Waals surface area contributed by atoms with E-state index in [9.17, 15) is 22.8 Å². The van der Waals surface area contributed by atoms with E-state index in [1.54, 1.807) is 20.8 Å². The fourth-order valence-corrected chi connectivity index (χ4v) is 1.93. The Morgan fingerprint density at radius 2 is 2.17 bits per heavy atom. The van der Waals surface area contributed by atoms with Gasteiger partial charge in [0.1, 0.15) is 6.04 Å². The molecule has 3 amide bonds. The smallest absolute Gasteiger partial charge is 0.324 e.